The molecule has 1 aromatic heterocycles. The molecule has 1 N–H and O–H groups in total. The third-order valence-corrected chi connectivity index (χ3v) is 5.15. The molecule has 0 atom stereocenters. The van der Waals surface area contributed by atoms with Crippen molar-refractivity contribution in [3.63, 3.8) is 0 Å². The van der Waals surface area contributed by atoms with Crippen LogP contribution in [0.4, 0.5) is 0 Å². The Hall–Kier alpha value is -2.00. The number of nitrogens with one attached hydrogen (secondary N) is 1. The molecule has 0 aliphatic carbocycles. The number of aromatic nitrogens is 3. The van der Waals surface area contributed by atoms with E-state index in [0.29, 0.717) is 19.7 Å². The third-order valence-electron chi connectivity index (χ3n) is 5.15. The number of piperidine rings is 1. The smallest absolute Gasteiger partial charge is 0.248 e. The van der Waals surface area contributed by atoms with Gasteiger partial charge in [-0.15, -0.1) is 0 Å². The topological polar surface area (TPSA) is 94.7 Å². The molecule has 3 rings (SSSR count). The number of carbonyl (C=O) groups is 2. The molecule has 9 nitrogen and oxygen atoms in total. The number of rotatable bonds is 6. The summed E-state index contributed by atoms with van der Waals surface area (Å²) in [6.45, 7) is 7.78. The molecule has 0 radical (unpaired) electrons. The molecular formula is C17H28N6O3. The molecule has 0 aromatic carbocycles. The van der Waals surface area contributed by atoms with Crippen LogP contribution in [0.2, 0.25) is 0 Å². The van der Waals surface area contributed by atoms with E-state index in [1.165, 1.54) is 6.33 Å². The van der Waals surface area contributed by atoms with Crippen molar-refractivity contribution in [3.05, 3.63) is 12.2 Å². The van der Waals surface area contributed by atoms with Crippen molar-refractivity contribution in [3.8, 4) is 0 Å². The summed E-state index contributed by atoms with van der Waals surface area (Å²) in [5.74, 6) is 1.15. The minimum absolute atomic E-state index is 0.0266. The lowest BCUT2D eigenvalue weighted by atomic mass is 9.95. The van der Waals surface area contributed by atoms with Crippen molar-refractivity contribution in [1.82, 2.24) is 29.9 Å². The van der Waals surface area contributed by atoms with Crippen molar-refractivity contribution in [2.24, 2.45) is 5.92 Å². The SMILES string of the molecule is CCOCC(=O)N1CCC(C(=O)N2CCN(Cc3ncn[nH]3)CC2)CC1. The predicted octanol–water partition coefficient (Wildman–Crippen LogP) is -0.276. The number of hydrogen-bond acceptors (Lipinski definition) is 6. The Morgan fingerprint density at radius 1 is 1.15 bits per heavy atom. The highest BCUT2D eigenvalue weighted by Gasteiger charge is 2.31. The molecule has 2 saturated heterocycles. The molecular weight excluding hydrogens is 336 g/mol. The Morgan fingerprint density at radius 3 is 2.50 bits per heavy atom. The van der Waals surface area contributed by atoms with Gasteiger partial charge in [-0.1, -0.05) is 0 Å². The number of ether oxygens (including phenoxy) is 1. The van der Waals surface area contributed by atoms with Crippen LogP contribution in [-0.2, 0) is 20.9 Å². The first kappa shape index (κ1) is 18.8. The van der Waals surface area contributed by atoms with Gasteiger partial charge in [0.1, 0.15) is 18.8 Å². The van der Waals surface area contributed by atoms with E-state index in [0.717, 1.165) is 51.4 Å². The number of nitrogens with zero attached hydrogens (tertiary/aromatic N) is 5. The van der Waals surface area contributed by atoms with Crippen LogP contribution in [0.5, 0.6) is 0 Å². The first-order valence-electron chi connectivity index (χ1n) is 9.38. The zero-order valence-electron chi connectivity index (χ0n) is 15.4. The second kappa shape index (κ2) is 9.09. The van der Waals surface area contributed by atoms with E-state index >= 15 is 0 Å². The van der Waals surface area contributed by atoms with Gasteiger partial charge in [-0.25, -0.2) is 4.98 Å². The summed E-state index contributed by atoms with van der Waals surface area (Å²) >= 11 is 0. The lowest BCUT2D eigenvalue weighted by Gasteiger charge is -2.38. The lowest BCUT2D eigenvalue weighted by molar-refractivity contribution is -0.143. The Bertz CT molecular complexity index is 577. The summed E-state index contributed by atoms with van der Waals surface area (Å²) in [5, 5.41) is 6.74. The van der Waals surface area contributed by atoms with E-state index in [1.54, 1.807) is 0 Å². The van der Waals surface area contributed by atoms with Crippen LogP contribution in [0.15, 0.2) is 6.33 Å². The summed E-state index contributed by atoms with van der Waals surface area (Å²) in [6, 6.07) is 0. The van der Waals surface area contributed by atoms with Crippen LogP contribution >= 0.6 is 0 Å². The number of piperazine rings is 1. The second-order valence-corrected chi connectivity index (χ2v) is 6.83. The van der Waals surface area contributed by atoms with Gasteiger partial charge in [-0.3, -0.25) is 19.6 Å². The van der Waals surface area contributed by atoms with E-state index < -0.39 is 0 Å². The van der Waals surface area contributed by atoms with Crippen molar-refractivity contribution >= 4 is 11.8 Å². The standard InChI is InChI=1S/C17H28N6O3/c1-2-26-12-16(24)22-5-3-14(4-6-22)17(25)23-9-7-21(8-10-23)11-15-18-13-19-20-15/h13-14H,2-12H2,1H3,(H,18,19,20). The highest BCUT2D eigenvalue weighted by molar-refractivity contribution is 5.80. The number of hydrogen-bond donors (Lipinski definition) is 1. The first-order valence-corrected chi connectivity index (χ1v) is 9.38. The first-order chi connectivity index (χ1) is 12.7. The molecule has 0 unspecified atom stereocenters. The Kier molecular flexibility index (Phi) is 6.56. The molecule has 1 aromatic rings. The van der Waals surface area contributed by atoms with Gasteiger partial charge in [0, 0.05) is 51.8 Å². The Balaban J connectivity index is 1.40. The molecule has 2 amide bonds. The minimum Gasteiger partial charge on any atom is -0.372 e. The van der Waals surface area contributed by atoms with E-state index in [9.17, 15) is 9.59 Å². The number of aromatic amines is 1. The molecule has 0 saturated carbocycles. The van der Waals surface area contributed by atoms with Crippen LogP contribution in [0.3, 0.4) is 0 Å². The lowest BCUT2D eigenvalue weighted by Crippen LogP contribution is -2.51. The van der Waals surface area contributed by atoms with Gasteiger partial charge in [-0.05, 0) is 19.8 Å². The fourth-order valence-corrected chi connectivity index (χ4v) is 3.56. The molecule has 144 valence electrons. The number of carbonyl (C=O) groups excluding carboxylic acids is 2. The number of likely N-dealkylation sites (tertiary alicyclic amines) is 1. The summed E-state index contributed by atoms with van der Waals surface area (Å²) in [6.07, 6.45) is 3.00. The predicted molar refractivity (Wildman–Crippen MR) is 94.0 cm³/mol. The fourth-order valence-electron chi connectivity index (χ4n) is 3.56. The van der Waals surface area contributed by atoms with Crippen molar-refractivity contribution in [2.75, 3.05) is 52.5 Å². The van der Waals surface area contributed by atoms with Crippen LogP contribution < -0.4 is 0 Å². The molecule has 0 bridgehead atoms. The maximum atomic E-state index is 12.8. The van der Waals surface area contributed by atoms with Gasteiger partial charge >= 0.3 is 0 Å². The normalized spacial score (nSPS) is 19.7. The summed E-state index contributed by atoms with van der Waals surface area (Å²) in [4.78, 5) is 35.0. The second-order valence-electron chi connectivity index (χ2n) is 6.83. The zero-order chi connectivity index (χ0) is 18.4. The molecule has 2 aliphatic heterocycles. The quantitative estimate of drug-likeness (QED) is 0.746. The van der Waals surface area contributed by atoms with Crippen LogP contribution in [0.25, 0.3) is 0 Å². The van der Waals surface area contributed by atoms with Gasteiger partial charge < -0.3 is 14.5 Å². The zero-order valence-corrected chi connectivity index (χ0v) is 15.4. The highest BCUT2D eigenvalue weighted by atomic mass is 16.5. The average Bonchev–Trinajstić information content (AvgIpc) is 3.19. The molecule has 2 fully saturated rings. The van der Waals surface area contributed by atoms with Gasteiger partial charge in [0.15, 0.2) is 0 Å². The monoisotopic (exact) mass is 364 g/mol. The highest BCUT2D eigenvalue weighted by Crippen LogP contribution is 2.21. The summed E-state index contributed by atoms with van der Waals surface area (Å²) in [7, 11) is 0. The van der Waals surface area contributed by atoms with Gasteiger partial charge in [0.2, 0.25) is 11.8 Å². The molecule has 9 heteroatoms. The average molecular weight is 364 g/mol. The number of amides is 2. The van der Waals surface area contributed by atoms with Gasteiger partial charge in [-0.2, -0.15) is 5.10 Å². The van der Waals surface area contributed by atoms with E-state index in [-0.39, 0.29) is 24.3 Å². The number of H-pyrrole nitrogens is 1. The largest absolute Gasteiger partial charge is 0.372 e. The Labute approximate surface area is 153 Å². The third kappa shape index (κ3) is 4.79. The summed E-state index contributed by atoms with van der Waals surface area (Å²) in [5.41, 5.74) is 0. The Morgan fingerprint density at radius 2 is 1.88 bits per heavy atom. The maximum absolute atomic E-state index is 12.8. The molecule has 26 heavy (non-hydrogen) atoms. The van der Waals surface area contributed by atoms with E-state index in [2.05, 4.69) is 20.1 Å². The van der Waals surface area contributed by atoms with Crippen LogP contribution in [0.1, 0.15) is 25.6 Å². The van der Waals surface area contributed by atoms with Gasteiger partial charge in [0.05, 0.1) is 6.54 Å². The van der Waals surface area contributed by atoms with E-state index in [1.807, 2.05) is 16.7 Å². The van der Waals surface area contributed by atoms with Crippen LogP contribution in [0, 0.1) is 5.92 Å². The van der Waals surface area contributed by atoms with Crippen LogP contribution in [-0.4, -0.2) is 94.2 Å². The fraction of sp³-hybridized carbons (Fsp3) is 0.765. The molecule has 0 spiro atoms. The van der Waals surface area contributed by atoms with Gasteiger partial charge in [0.25, 0.3) is 0 Å². The molecule has 3 heterocycles. The van der Waals surface area contributed by atoms with Crippen molar-refractivity contribution in [1.29, 1.82) is 0 Å². The van der Waals surface area contributed by atoms with Crippen molar-refractivity contribution < 1.29 is 14.3 Å². The molecule has 2 aliphatic rings. The maximum Gasteiger partial charge on any atom is 0.248 e. The van der Waals surface area contributed by atoms with E-state index in [4.69, 9.17) is 4.74 Å². The summed E-state index contributed by atoms with van der Waals surface area (Å²) < 4.78 is 5.18. The van der Waals surface area contributed by atoms with Crippen molar-refractivity contribution in [2.45, 2.75) is 26.3 Å². The minimum atomic E-state index is 0.0266.